The van der Waals surface area contributed by atoms with Gasteiger partial charge in [-0.25, -0.2) is 13.6 Å². The van der Waals surface area contributed by atoms with E-state index >= 15 is 0 Å². The molecule has 0 bridgehead atoms. The molecule has 0 fully saturated rings. The predicted molar refractivity (Wildman–Crippen MR) is 101 cm³/mol. The third-order valence-electron chi connectivity index (χ3n) is 3.66. The molecule has 0 N–H and O–H groups in total. The minimum absolute atomic E-state index is 0.0484. The molecule has 29 heavy (non-hydrogen) atoms. The fourth-order valence-corrected chi connectivity index (χ4v) is 2.74. The summed E-state index contributed by atoms with van der Waals surface area (Å²) in [6.07, 6.45) is 0.260. The van der Waals surface area contributed by atoms with E-state index < -0.39 is 18.2 Å². The molecule has 0 aliphatic rings. The van der Waals surface area contributed by atoms with Crippen LogP contribution in [0.2, 0.25) is 0 Å². The normalized spacial score (nSPS) is 11.3. The Bertz CT molecular complexity index is 1020. The van der Waals surface area contributed by atoms with Gasteiger partial charge in [0.15, 0.2) is 0 Å². The number of rotatable bonds is 8. The Morgan fingerprint density at radius 1 is 1.31 bits per heavy atom. The van der Waals surface area contributed by atoms with Crippen LogP contribution in [0.5, 0.6) is 5.75 Å². The summed E-state index contributed by atoms with van der Waals surface area (Å²) >= 11 is 1.15. The quantitative estimate of drug-likeness (QED) is 0.310. The highest BCUT2D eigenvalue weighted by atomic mass is 32.2. The van der Waals surface area contributed by atoms with Crippen molar-refractivity contribution in [2.24, 2.45) is 5.10 Å². The monoisotopic (exact) mass is 422 g/mol. The van der Waals surface area contributed by atoms with Gasteiger partial charge < -0.3 is 13.9 Å². The molecule has 0 aliphatic carbocycles. The molecule has 0 amide bonds. The molecule has 0 aliphatic heterocycles. The first-order valence-corrected chi connectivity index (χ1v) is 9.46. The average molecular weight is 422 g/mol. The number of halogens is 2. The van der Waals surface area contributed by atoms with E-state index in [0.29, 0.717) is 17.1 Å². The number of carbonyl (C=O) groups is 1. The second kappa shape index (κ2) is 9.32. The van der Waals surface area contributed by atoms with Gasteiger partial charge in [0.2, 0.25) is 16.7 Å². The summed E-state index contributed by atoms with van der Waals surface area (Å²) in [6.45, 7) is 0.0484. The average Bonchev–Trinajstić information content (AvgIpc) is 3.37. The molecule has 0 saturated carbocycles. The molecule has 1 aromatic carbocycles. The first kappa shape index (κ1) is 20.5. The van der Waals surface area contributed by atoms with Gasteiger partial charge in [-0.1, -0.05) is 23.9 Å². The Labute approximate surface area is 168 Å². The summed E-state index contributed by atoms with van der Waals surface area (Å²) in [5.41, 5.74) is 0.549. The number of hydrogen-bond donors (Lipinski definition) is 0. The Hall–Kier alpha value is -3.21. The van der Waals surface area contributed by atoms with E-state index in [0.717, 1.165) is 16.4 Å². The molecule has 0 radical (unpaired) electrons. The number of alkyl halides is 2. The lowest BCUT2D eigenvalue weighted by Crippen LogP contribution is -2.02. The summed E-state index contributed by atoms with van der Waals surface area (Å²) in [4.78, 5) is 11.4. The van der Waals surface area contributed by atoms with E-state index in [-0.39, 0.29) is 17.5 Å². The summed E-state index contributed by atoms with van der Waals surface area (Å²) in [5, 5.41) is 11.5. The zero-order valence-electron chi connectivity index (χ0n) is 15.4. The first-order chi connectivity index (χ1) is 14.0. The third kappa shape index (κ3) is 4.80. The van der Waals surface area contributed by atoms with E-state index in [9.17, 15) is 13.6 Å². The number of furan rings is 1. The highest BCUT2D eigenvalue weighted by molar-refractivity contribution is 7.98. The van der Waals surface area contributed by atoms with Gasteiger partial charge in [0.25, 0.3) is 6.43 Å². The Morgan fingerprint density at radius 3 is 2.83 bits per heavy atom. The third-order valence-corrected chi connectivity index (χ3v) is 4.28. The van der Waals surface area contributed by atoms with Gasteiger partial charge in [-0.15, -0.1) is 10.2 Å². The molecule has 2 aromatic heterocycles. The fourth-order valence-electron chi connectivity index (χ4n) is 2.30. The number of esters is 1. The van der Waals surface area contributed by atoms with Crippen LogP contribution in [0.25, 0.3) is 0 Å². The van der Waals surface area contributed by atoms with Crippen molar-refractivity contribution in [2.45, 2.75) is 18.2 Å². The van der Waals surface area contributed by atoms with Crippen molar-refractivity contribution in [1.29, 1.82) is 0 Å². The van der Waals surface area contributed by atoms with Gasteiger partial charge in [0.05, 0.1) is 13.3 Å². The highest BCUT2D eigenvalue weighted by Crippen LogP contribution is 2.23. The minimum atomic E-state index is -2.81. The number of thioether (sulfide) groups is 1. The maximum Gasteiger partial charge on any atom is 0.373 e. The van der Waals surface area contributed by atoms with E-state index in [2.05, 4.69) is 20.0 Å². The molecule has 3 aromatic rings. The molecule has 0 atom stereocenters. The number of carbonyl (C=O) groups excluding carboxylic acids is 1. The van der Waals surface area contributed by atoms with Crippen molar-refractivity contribution in [1.82, 2.24) is 14.9 Å². The van der Waals surface area contributed by atoms with Crippen molar-refractivity contribution >= 4 is 23.9 Å². The van der Waals surface area contributed by atoms with E-state index in [4.69, 9.17) is 9.15 Å². The number of aromatic nitrogens is 3. The molecule has 8 nitrogen and oxygen atoms in total. The standard InChI is InChI=1S/C18H16F2N4O4S/c1-26-17(25)14-8-7-12(28-14)10-27-13-6-4-3-5-11(13)9-21-24-16(15(19)20)22-23-18(24)29-2/h3-9,15H,10H2,1-2H3/b21-9-. The van der Waals surface area contributed by atoms with Gasteiger partial charge >= 0.3 is 5.97 Å². The number of hydrogen-bond acceptors (Lipinski definition) is 8. The first-order valence-electron chi connectivity index (χ1n) is 8.24. The number of para-hydroxylation sites is 1. The van der Waals surface area contributed by atoms with Crippen molar-refractivity contribution in [3.63, 3.8) is 0 Å². The van der Waals surface area contributed by atoms with E-state index in [1.165, 1.54) is 19.4 Å². The lowest BCUT2D eigenvalue weighted by Gasteiger charge is -2.08. The molecular weight excluding hydrogens is 406 g/mol. The van der Waals surface area contributed by atoms with Gasteiger partial charge in [0, 0.05) is 5.56 Å². The number of ether oxygens (including phenoxy) is 2. The largest absolute Gasteiger partial charge is 0.485 e. The summed E-state index contributed by atoms with van der Waals surface area (Å²) in [5.74, 6) is -0.199. The van der Waals surface area contributed by atoms with Crippen molar-refractivity contribution in [2.75, 3.05) is 13.4 Å². The predicted octanol–water partition coefficient (Wildman–Crippen LogP) is 3.78. The number of methoxy groups -OCH3 is 1. The minimum Gasteiger partial charge on any atom is -0.485 e. The van der Waals surface area contributed by atoms with Gasteiger partial charge in [-0.05, 0) is 30.5 Å². The van der Waals surface area contributed by atoms with Crippen LogP contribution >= 0.6 is 11.8 Å². The van der Waals surface area contributed by atoms with Crippen LogP contribution in [0.4, 0.5) is 8.78 Å². The molecule has 11 heteroatoms. The maximum atomic E-state index is 13.1. The summed E-state index contributed by atoms with van der Waals surface area (Å²) in [7, 11) is 1.26. The maximum absolute atomic E-state index is 13.1. The zero-order valence-corrected chi connectivity index (χ0v) is 16.2. The second-order valence-corrected chi connectivity index (χ2v) is 6.26. The second-order valence-electron chi connectivity index (χ2n) is 5.49. The van der Waals surface area contributed by atoms with Crippen molar-refractivity contribution in [3.8, 4) is 5.75 Å². The Balaban J connectivity index is 1.78. The molecular formula is C18H16F2N4O4S. The van der Waals surface area contributed by atoms with Crippen LogP contribution in [0.1, 0.15) is 34.1 Å². The van der Waals surface area contributed by atoms with Crippen LogP contribution < -0.4 is 4.74 Å². The van der Waals surface area contributed by atoms with Gasteiger partial charge in [0.1, 0.15) is 18.1 Å². The van der Waals surface area contributed by atoms with Crippen LogP contribution in [0, 0.1) is 0 Å². The molecule has 2 heterocycles. The lowest BCUT2D eigenvalue weighted by molar-refractivity contribution is 0.0561. The number of nitrogens with zero attached hydrogens (tertiary/aromatic N) is 4. The van der Waals surface area contributed by atoms with Crippen LogP contribution in [0.3, 0.4) is 0 Å². The topological polar surface area (TPSA) is 91.7 Å². The Morgan fingerprint density at radius 2 is 2.10 bits per heavy atom. The summed E-state index contributed by atoms with van der Waals surface area (Å²) < 4.78 is 42.8. The van der Waals surface area contributed by atoms with Gasteiger partial charge in [-0.2, -0.15) is 9.78 Å². The van der Waals surface area contributed by atoms with Crippen molar-refractivity contribution in [3.05, 3.63) is 59.3 Å². The molecule has 0 spiro atoms. The number of benzene rings is 1. The van der Waals surface area contributed by atoms with E-state index in [1.54, 1.807) is 36.6 Å². The fraction of sp³-hybridized carbons (Fsp3) is 0.222. The van der Waals surface area contributed by atoms with Crippen LogP contribution in [-0.2, 0) is 11.3 Å². The van der Waals surface area contributed by atoms with E-state index in [1.807, 2.05) is 0 Å². The summed E-state index contributed by atoms with van der Waals surface area (Å²) in [6, 6.07) is 10.0. The van der Waals surface area contributed by atoms with Crippen LogP contribution in [0.15, 0.2) is 51.1 Å². The molecule has 0 saturated heterocycles. The van der Waals surface area contributed by atoms with Crippen molar-refractivity contribution < 1.29 is 27.5 Å². The molecule has 0 unspecified atom stereocenters. The van der Waals surface area contributed by atoms with Crippen LogP contribution in [-0.4, -0.2) is 40.4 Å². The Kier molecular flexibility index (Phi) is 6.60. The molecule has 152 valence electrons. The smallest absolute Gasteiger partial charge is 0.373 e. The van der Waals surface area contributed by atoms with Gasteiger partial charge in [-0.3, -0.25) is 0 Å². The highest BCUT2D eigenvalue weighted by Gasteiger charge is 2.19. The lowest BCUT2D eigenvalue weighted by atomic mass is 10.2. The molecule has 3 rings (SSSR count). The SMILES string of the molecule is COC(=O)c1ccc(COc2ccccc2/C=N\n2c(SC)nnc2C(F)F)o1. The zero-order chi connectivity index (χ0) is 20.8.